The Morgan fingerprint density at radius 3 is 2.17 bits per heavy atom. The fourth-order valence-electron chi connectivity index (χ4n) is 1.03. The molecule has 0 atom stereocenters. The van der Waals surface area contributed by atoms with Gasteiger partial charge in [0.05, 0.1) is 5.02 Å². The van der Waals surface area contributed by atoms with Gasteiger partial charge in [0.2, 0.25) is 5.78 Å². The molecule has 0 saturated heterocycles. The van der Waals surface area contributed by atoms with Crippen molar-refractivity contribution < 1.29 is 31.5 Å². The highest BCUT2D eigenvalue weighted by Crippen LogP contribution is 2.32. The summed E-state index contributed by atoms with van der Waals surface area (Å²) >= 11 is 9.89. The zero-order valence-corrected chi connectivity index (χ0v) is 9.71. The molecule has 0 saturated carbocycles. The predicted molar refractivity (Wildman–Crippen MR) is 53.3 cm³/mol. The lowest BCUT2D eigenvalue weighted by molar-refractivity contribution is -0.274. The molecule has 9 heteroatoms. The van der Waals surface area contributed by atoms with Crippen LogP contribution in [-0.4, -0.2) is 17.5 Å². The normalized spacial score (nSPS) is 12.4. The Morgan fingerprint density at radius 1 is 1.17 bits per heavy atom. The van der Waals surface area contributed by atoms with Gasteiger partial charge in [0.25, 0.3) is 0 Å². The number of Topliss-reactive ketones (excluding diaryl/α,β-unsaturated/α-hetero) is 1. The van der Waals surface area contributed by atoms with E-state index in [4.69, 9.17) is 11.6 Å². The van der Waals surface area contributed by atoms with Crippen molar-refractivity contribution >= 4 is 29.0 Å². The van der Waals surface area contributed by atoms with Crippen LogP contribution < -0.4 is 4.74 Å². The average molecular weight is 309 g/mol. The summed E-state index contributed by atoms with van der Waals surface area (Å²) in [6, 6.07) is 2.03. The van der Waals surface area contributed by atoms with Crippen molar-refractivity contribution in [3.63, 3.8) is 0 Å². The summed E-state index contributed by atoms with van der Waals surface area (Å²) in [5.74, 6) is -2.77. The summed E-state index contributed by atoms with van der Waals surface area (Å²) < 4.78 is 64.2. The third-order valence-corrected chi connectivity index (χ3v) is 2.17. The molecule has 2 nitrogen and oxygen atoms in total. The molecule has 0 aliphatic rings. The van der Waals surface area contributed by atoms with Crippen LogP contribution in [0.2, 0.25) is 5.02 Å². The van der Waals surface area contributed by atoms with Crippen molar-refractivity contribution in [2.24, 2.45) is 0 Å². The van der Waals surface area contributed by atoms with Crippen molar-refractivity contribution in [1.82, 2.24) is 0 Å². The maximum absolute atomic E-state index is 12.5. The third-order valence-electron chi connectivity index (χ3n) is 1.67. The Balaban J connectivity index is 3.14. The number of ether oxygens (including phenoxy) is 1. The first-order chi connectivity index (χ1) is 8.00. The molecule has 0 fully saturated rings. The lowest BCUT2D eigenvalue weighted by atomic mass is 10.1. The van der Waals surface area contributed by atoms with Crippen LogP contribution in [-0.2, 0) is 0 Å². The van der Waals surface area contributed by atoms with Gasteiger partial charge in [-0.3, -0.25) is 4.79 Å². The van der Waals surface area contributed by atoms with Crippen molar-refractivity contribution in [2.45, 2.75) is 11.7 Å². The van der Waals surface area contributed by atoms with Crippen LogP contribution in [0.5, 0.6) is 5.75 Å². The van der Waals surface area contributed by atoms with Gasteiger partial charge in [0, 0.05) is 5.56 Å². The molecule has 0 aliphatic carbocycles. The summed E-state index contributed by atoms with van der Waals surface area (Å²) in [6.07, 6.45) is -5.02. The van der Waals surface area contributed by atoms with Gasteiger partial charge in [-0.15, -0.1) is 13.2 Å². The van der Waals surface area contributed by atoms with E-state index < -0.39 is 33.9 Å². The molecule has 100 valence electrons. The van der Waals surface area contributed by atoms with E-state index in [2.05, 4.69) is 16.3 Å². The van der Waals surface area contributed by atoms with Crippen molar-refractivity contribution in [3.8, 4) is 5.75 Å². The molecule has 0 heterocycles. The lowest BCUT2D eigenvalue weighted by Crippen LogP contribution is -2.22. The van der Waals surface area contributed by atoms with Crippen LogP contribution in [0, 0.1) is 0 Å². The topological polar surface area (TPSA) is 26.3 Å². The molecule has 0 unspecified atom stereocenters. The summed E-state index contributed by atoms with van der Waals surface area (Å²) in [7, 11) is 0. The monoisotopic (exact) mass is 308 g/mol. The number of alkyl halides is 6. The van der Waals surface area contributed by atoms with Crippen LogP contribution in [0.15, 0.2) is 18.2 Å². The SMILES string of the molecule is O=C(c1cc(OC(F)(F)F)ccc1Cl)C(F)(F)Cl. The highest BCUT2D eigenvalue weighted by molar-refractivity contribution is 6.39. The van der Waals surface area contributed by atoms with Gasteiger partial charge in [-0.25, -0.2) is 0 Å². The van der Waals surface area contributed by atoms with Gasteiger partial charge in [0.1, 0.15) is 5.75 Å². The minimum Gasteiger partial charge on any atom is -0.406 e. The molecule has 1 aromatic rings. The Labute approximate surface area is 107 Å². The van der Waals surface area contributed by atoms with Crippen LogP contribution in [0.4, 0.5) is 22.0 Å². The number of benzene rings is 1. The molecule has 0 bridgehead atoms. The number of hydrogen-bond acceptors (Lipinski definition) is 2. The molecule has 0 aliphatic heterocycles. The molecule has 0 aromatic heterocycles. The minimum atomic E-state index is -5.02. The van der Waals surface area contributed by atoms with Crippen molar-refractivity contribution in [2.75, 3.05) is 0 Å². The van der Waals surface area contributed by atoms with E-state index >= 15 is 0 Å². The van der Waals surface area contributed by atoms with Gasteiger partial charge < -0.3 is 4.74 Å². The quantitative estimate of drug-likeness (QED) is 0.474. The maximum Gasteiger partial charge on any atom is 0.573 e. The Morgan fingerprint density at radius 2 is 1.72 bits per heavy atom. The number of carbonyl (C=O) groups is 1. The zero-order chi connectivity index (χ0) is 14.1. The summed E-state index contributed by atoms with van der Waals surface area (Å²) in [6.45, 7) is 0. The van der Waals surface area contributed by atoms with Crippen LogP contribution in [0.1, 0.15) is 10.4 Å². The molecular formula is C9H3Cl2F5O2. The minimum absolute atomic E-state index is 0.439. The molecule has 18 heavy (non-hydrogen) atoms. The predicted octanol–water partition coefficient (Wildman–Crippen LogP) is 4.25. The first kappa shape index (κ1) is 15.0. The fourth-order valence-corrected chi connectivity index (χ4v) is 1.33. The van der Waals surface area contributed by atoms with Crippen LogP contribution in [0.25, 0.3) is 0 Å². The first-order valence-corrected chi connectivity index (χ1v) is 4.93. The number of hydrogen-bond donors (Lipinski definition) is 0. The molecule has 0 amide bonds. The van der Waals surface area contributed by atoms with E-state index in [0.717, 1.165) is 12.1 Å². The first-order valence-electron chi connectivity index (χ1n) is 4.17. The Hall–Kier alpha value is -1.08. The average Bonchev–Trinajstić information content (AvgIpc) is 2.16. The van der Waals surface area contributed by atoms with Crippen LogP contribution >= 0.6 is 23.2 Å². The summed E-state index contributed by atoms with van der Waals surface area (Å²) in [5.41, 5.74) is -0.863. The Kier molecular flexibility index (Phi) is 4.07. The number of carbonyl (C=O) groups excluding carboxylic acids is 1. The van der Waals surface area contributed by atoms with E-state index in [1.54, 1.807) is 0 Å². The fraction of sp³-hybridized carbons (Fsp3) is 0.222. The molecule has 0 N–H and O–H groups in total. The van der Waals surface area contributed by atoms with Crippen molar-refractivity contribution in [1.29, 1.82) is 0 Å². The lowest BCUT2D eigenvalue weighted by Gasteiger charge is -2.12. The van der Waals surface area contributed by atoms with E-state index in [0.29, 0.717) is 6.07 Å². The molecule has 0 radical (unpaired) electrons. The summed E-state index contributed by atoms with van der Waals surface area (Å²) in [4.78, 5) is 11.1. The smallest absolute Gasteiger partial charge is 0.406 e. The van der Waals surface area contributed by atoms with Crippen LogP contribution in [0.3, 0.4) is 0 Å². The largest absolute Gasteiger partial charge is 0.573 e. The van der Waals surface area contributed by atoms with Gasteiger partial charge in [-0.2, -0.15) is 8.78 Å². The van der Waals surface area contributed by atoms with Crippen molar-refractivity contribution in [3.05, 3.63) is 28.8 Å². The third kappa shape index (κ3) is 3.99. The second-order valence-corrected chi connectivity index (χ2v) is 3.90. The standard InChI is InChI=1S/C9H3Cl2F5O2/c10-6-2-1-4(18-9(14,15)16)3-5(6)7(17)8(11,12)13/h1-3H. The van der Waals surface area contributed by atoms with Gasteiger partial charge in [0.15, 0.2) is 0 Å². The molecular weight excluding hydrogens is 306 g/mol. The number of ketones is 1. The number of halogens is 7. The highest BCUT2D eigenvalue weighted by Gasteiger charge is 2.38. The van der Waals surface area contributed by atoms with Gasteiger partial charge >= 0.3 is 11.7 Å². The highest BCUT2D eigenvalue weighted by atomic mass is 35.5. The summed E-state index contributed by atoms with van der Waals surface area (Å²) in [5, 5.41) is -4.73. The molecule has 1 aromatic carbocycles. The van der Waals surface area contributed by atoms with E-state index in [9.17, 15) is 26.7 Å². The second kappa shape index (κ2) is 4.89. The molecule has 1 rings (SSSR count). The van der Waals surface area contributed by atoms with E-state index in [-0.39, 0.29) is 0 Å². The van der Waals surface area contributed by atoms with E-state index in [1.165, 1.54) is 0 Å². The van der Waals surface area contributed by atoms with Gasteiger partial charge in [-0.1, -0.05) is 11.6 Å². The molecule has 0 spiro atoms. The number of rotatable bonds is 3. The zero-order valence-electron chi connectivity index (χ0n) is 8.19. The Bertz CT molecular complexity index is 467. The maximum atomic E-state index is 12.5. The van der Waals surface area contributed by atoms with E-state index in [1.807, 2.05) is 0 Å². The second-order valence-electron chi connectivity index (χ2n) is 3.02. The van der Waals surface area contributed by atoms with Gasteiger partial charge in [-0.05, 0) is 29.8 Å².